The smallest absolute Gasteiger partial charge is 0.205 e. The Hall–Kier alpha value is -2.38. The number of sulfone groups is 1. The highest BCUT2D eigenvalue weighted by atomic mass is 35.5. The fraction of sp³-hybridized carbons (Fsp3) is 0.238. The summed E-state index contributed by atoms with van der Waals surface area (Å²) >= 11 is 6.17. The Morgan fingerprint density at radius 3 is 1.97 bits per heavy atom. The summed E-state index contributed by atoms with van der Waals surface area (Å²) in [5.74, 6) is -0.942. The molecule has 154 valence electrons. The number of ether oxygens (including phenoxy) is 2. The van der Waals surface area contributed by atoms with Crippen LogP contribution < -0.4 is 9.47 Å². The van der Waals surface area contributed by atoms with Crippen molar-refractivity contribution in [2.24, 2.45) is 0 Å². The number of hydrogen-bond donors (Lipinski definition) is 0. The zero-order chi connectivity index (χ0) is 21.4. The van der Waals surface area contributed by atoms with E-state index in [1.165, 1.54) is 38.5 Å². The van der Waals surface area contributed by atoms with Gasteiger partial charge in [-0.15, -0.1) is 0 Å². The van der Waals surface area contributed by atoms with Crippen LogP contribution in [0.2, 0.25) is 5.02 Å². The van der Waals surface area contributed by atoms with Crippen molar-refractivity contribution in [1.29, 1.82) is 0 Å². The summed E-state index contributed by atoms with van der Waals surface area (Å²) in [5.41, 5.74) is -2.41. The predicted octanol–water partition coefficient (Wildman–Crippen LogP) is 4.89. The van der Waals surface area contributed by atoms with Gasteiger partial charge in [-0.1, -0.05) is 48.0 Å². The maximum atomic E-state index is 15.5. The van der Waals surface area contributed by atoms with Gasteiger partial charge in [0, 0.05) is 6.26 Å². The minimum absolute atomic E-state index is 0.0540. The van der Waals surface area contributed by atoms with E-state index < -0.39 is 26.1 Å². The highest BCUT2D eigenvalue weighted by molar-refractivity contribution is 7.92. The van der Waals surface area contributed by atoms with Crippen LogP contribution in [0.25, 0.3) is 0 Å². The van der Waals surface area contributed by atoms with Gasteiger partial charge in [-0.2, -0.15) is 0 Å². The van der Waals surface area contributed by atoms with E-state index in [1.807, 2.05) is 0 Å². The van der Waals surface area contributed by atoms with Gasteiger partial charge in [-0.25, -0.2) is 17.2 Å². The van der Waals surface area contributed by atoms with Gasteiger partial charge in [-0.3, -0.25) is 0 Å². The second-order valence-corrected chi connectivity index (χ2v) is 9.26. The number of hydrogen-bond acceptors (Lipinski definition) is 4. The number of rotatable bonds is 5. The van der Waals surface area contributed by atoms with Crippen molar-refractivity contribution in [2.45, 2.75) is 10.4 Å². The van der Waals surface area contributed by atoms with Crippen molar-refractivity contribution in [1.82, 2.24) is 0 Å². The van der Waals surface area contributed by atoms with E-state index in [9.17, 15) is 8.42 Å². The molecule has 0 saturated heterocycles. The van der Waals surface area contributed by atoms with Gasteiger partial charge >= 0.3 is 0 Å². The Morgan fingerprint density at radius 2 is 1.52 bits per heavy atom. The van der Waals surface area contributed by atoms with Crippen molar-refractivity contribution < 1.29 is 26.7 Å². The van der Waals surface area contributed by atoms with Crippen molar-refractivity contribution >= 4 is 21.4 Å². The van der Waals surface area contributed by atoms with E-state index in [4.69, 9.17) is 21.1 Å². The molecule has 0 radical (unpaired) electrons. The standard InChI is InChI=1S/C21H19ClF2O4S/c1-27-16-11-15(12-17(28-2)19(16)22)20(29(3,25)26)9-10-21(24,18(23)13-20)14-7-5-4-6-8-14/h4-13H,1-3H3. The molecule has 1 aliphatic carbocycles. The van der Waals surface area contributed by atoms with Crippen LogP contribution in [0.3, 0.4) is 0 Å². The van der Waals surface area contributed by atoms with Crippen LogP contribution in [0.1, 0.15) is 11.1 Å². The third-order valence-electron chi connectivity index (χ3n) is 4.95. The number of methoxy groups -OCH3 is 2. The minimum atomic E-state index is -3.99. The molecule has 0 amide bonds. The summed E-state index contributed by atoms with van der Waals surface area (Å²) in [6.45, 7) is 0. The van der Waals surface area contributed by atoms with Crippen LogP contribution in [-0.4, -0.2) is 28.9 Å². The van der Waals surface area contributed by atoms with Crippen LogP contribution >= 0.6 is 11.6 Å². The second-order valence-electron chi connectivity index (χ2n) is 6.66. The van der Waals surface area contributed by atoms with E-state index in [0.29, 0.717) is 0 Å². The third kappa shape index (κ3) is 3.42. The van der Waals surface area contributed by atoms with Crippen molar-refractivity contribution in [3.63, 3.8) is 0 Å². The molecule has 0 N–H and O–H groups in total. The number of halogens is 3. The van der Waals surface area contributed by atoms with Crippen LogP contribution in [0, 0.1) is 0 Å². The largest absolute Gasteiger partial charge is 0.495 e. The minimum Gasteiger partial charge on any atom is -0.495 e. The van der Waals surface area contributed by atoms with E-state index >= 15 is 8.78 Å². The molecule has 2 aromatic carbocycles. The molecule has 3 rings (SSSR count). The first-order valence-electron chi connectivity index (χ1n) is 8.54. The fourth-order valence-corrected chi connectivity index (χ4v) is 4.74. The molecule has 0 heterocycles. The maximum absolute atomic E-state index is 15.5. The van der Waals surface area contributed by atoms with E-state index in [0.717, 1.165) is 24.5 Å². The Balaban J connectivity index is 2.26. The quantitative estimate of drug-likeness (QED) is 0.621. The monoisotopic (exact) mass is 440 g/mol. The first-order chi connectivity index (χ1) is 13.6. The molecular formula is C21H19ClF2O4S. The number of benzene rings is 2. The molecule has 2 aromatic rings. The van der Waals surface area contributed by atoms with Gasteiger partial charge < -0.3 is 9.47 Å². The normalized spacial score (nSPS) is 24.1. The molecule has 0 bridgehead atoms. The van der Waals surface area contributed by atoms with Crippen LogP contribution in [0.15, 0.2) is 66.5 Å². The zero-order valence-corrected chi connectivity index (χ0v) is 17.5. The molecule has 2 unspecified atom stereocenters. The Kier molecular flexibility index (Phi) is 5.49. The highest BCUT2D eigenvalue weighted by Crippen LogP contribution is 2.49. The fourth-order valence-electron chi connectivity index (χ4n) is 3.29. The van der Waals surface area contributed by atoms with Crippen molar-refractivity contribution in [3.05, 3.63) is 82.7 Å². The molecule has 29 heavy (non-hydrogen) atoms. The molecular weight excluding hydrogens is 422 g/mol. The van der Waals surface area contributed by atoms with Gasteiger partial charge in [0.25, 0.3) is 0 Å². The highest BCUT2D eigenvalue weighted by Gasteiger charge is 2.48. The molecule has 0 saturated carbocycles. The van der Waals surface area contributed by atoms with Gasteiger partial charge in [0.15, 0.2) is 9.84 Å². The van der Waals surface area contributed by atoms with E-state index in [-0.39, 0.29) is 27.6 Å². The van der Waals surface area contributed by atoms with Crippen molar-refractivity contribution in [3.8, 4) is 11.5 Å². The maximum Gasteiger partial charge on any atom is 0.205 e. The average Bonchev–Trinajstić information content (AvgIpc) is 2.70. The summed E-state index contributed by atoms with van der Waals surface area (Å²) in [5, 5.41) is 0.135. The molecule has 8 heteroatoms. The first kappa shape index (κ1) is 21.3. The van der Waals surface area contributed by atoms with Gasteiger partial charge in [0.05, 0.1) is 14.2 Å². The lowest BCUT2D eigenvalue weighted by Gasteiger charge is -2.34. The van der Waals surface area contributed by atoms with E-state index in [2.05, 4.69) is 0 Å². The van der Waals surface area contributed by atoms with Crippen LogP contribution in [0.5, 0.6) is 11.5 Å². The number of alkyl halides is 1. The molecule has 0 spiro atoms. The van der Waals surface area contributed by atoms with Crippen molar-refractivity contribution in [2.75, 3.05) is 20.5 Å². The van der Waals surface area contributed by atoms with Gasteiger partial charge in [0.1, 0.15) is 27.1 Å². The number of allylic oxidation sites excluding steroid dienone is 2. The predicted molar refractivity (Wildman–Crippen MR) is 109 cm³/mol. The summed E-state index contributed by atoms with van der Waals surface area (Å²) in [4.78, 5) is 0. The summed E-state index contributed by atoms with van der Waals surface area (Å²) in [6, 6.07) is 10.4. The lowest BCUT2D eigenvalue weighted by atomic mass is 9.83. The molecule has 0 fully saturated rings. The third-order valence-corrected chi connectivity index (χ3v) is 7.04. The molecule has 0 aromatic heterocycles. The Morgan fingerprint density at radius 1 is 0.966 bits per heavy atom. The summed E-state index contributed by atoms with van der Waals surface area (Å²) in [7, 11) is -1.29. The molecule has 2 atom stereocenters. The lowest BCUT2D eigenvalue weighted by molar-refractivity contribution is 0.232. The Bertz CT molecular complexity index is 1070. The van der Waals surface area contributed by atoms with Crippen LogP contribution in [0.4, 0.5) is 8.78 Å². The van der Waals surface area contributed by atoms with E-state index in [1.54, 1.807) is 18.2 Å². The lowest BCUT2D eigenvalue weighted by Crippen LogP contribution is -2.36. The molecule has 1 aliphatic rings. The average molecular weight is 441 g/mol. The van der Waals surface area contributed by atoms with Gasteiger partial charge in [-0.05, 0) is 35.4 Å². The topological polar surface area (TPSA) is 52.6 Å². The zero-order valence-electron chi connectivity index (χ0n) is 15.9. The summed E-state index contributed by atoms with van der Waals surface area (Å²) < 4.78 is 64.7. The first-order valence-corrected chi connectivity index (χ1v) is 10.8. The van der Waals surface area contributed by atoms with Crippen LogP contribution in [-0.2, 0) is 20.3 Å². The summed E-state index contributed by atoms with van der Waals surface area (Å²) in [6.07, 6.45) is 3.78. The SMILES string of the molecule is COc1cc(C2(S(C)(=O)=O)C=CC(F)(c3ccccc3)C(F)=C2)cc(OC)c1Cl. The molecule has 0 aliphatic heterocycles. The molecule has 4 nitrogen and oxygen atoms in total. The van der Waals surface area contributed by atoms with Gasteiger partial charge in [0.2, 0.25) is 5.67 Å². The second kappa shape index (κ2) is 7.46. The Labute approximate surface area is 173 Å².